The first kappa shape index (κ1) is 15.4. The predicted molar refractivity (Wildman–Crippen MR) is 95.5 cm³/mol. The number of oxazole rings is 1. The van der Waals surface area contributed by atoms with E-state index in [9.17, 15) is 4.79 Å². The Morgan fingerprint density at radius 2 is 1.84 bits per heavy atom. The summed E-state index contributed by atoms with van der Waals surface area (Å²) >= 11 is 0. The Morgan fingerprint density at radius 1 is 1.12 bits per heavy atom. The molecule has 0 unspecified atom stereocenters. The van der Waals surface area contributed by atoms with Gasteiger partial charge >= 0.3 is 5.97 Å². The third kappa shape index (κ3) is 2.89. The van der Waals surface area contributed by atoms with Crippen molar-refractivity contribution in [2.24, 2.45) is 5.92 Å². The van der Waals surface area contributed by atoms with Crippen molar-refractivity contribution in [3.8, 4) is 22.8 Å². The number of hydrogen-bond acceptors (Lipinski definition) is 4. The zero-order chi connectivity index (χ0) is 17.4. The second-order valence-corrected chi connectivity index (χ2v) is 6.29. The molecule has 1 fully saturated rings. The Kier molecular flexibility index (Phi) is 3.76. The molecule has 1 saturated heterocycles. The molecule has 5 heteroatoms. The Hall–Kier alpha value is -3.08. The number of aliphatic carboxylic acids is 1. The Bertz CT molecular complexity index is 912. The topological polar surface area (TPSA) is 66.6 Å². The third-order valence-electron chi connectivity index (χ3n) is 4.52. The highest BCUT2D eigenvalue weighted by Gasteiger charge is 2.32. The van der Waals surface area contributed by atoms with E-state index in [0.29, 0.717) is 19.0 Å². The van der Waals surface area contributed by atoms with Crippen LogP contribution in [0, 0.1) is 12.8 Å². The molecule has 1 aliphatic heterocycles. The van der Waals surface area contributed by atoms with E-state index >= 15 is 0 Å². The van der Waals surface area contributed by atoms with Crippen LogP contribution in [-0.4, -0.2) is 29.1 Å². The van der Waals surface area contributed by atoms with Crippen molar-refractivity contribution in [1.82, 2.24) is 4.98 Å². The number of carboxylic acid groups (broad SMARTS) is 1. The van der Waals surface area contributed by atoms with E-state index in [2.05, 4.69) is 9.88 Å². The van der Waals surface area contributed by atoms with Gasteiger partial charge in [-0.15, -0.1) is 0 Å². The smallest absolute Gasteiger partial charge is 0.310 e. The van der Waals surface area contributed by atoms with Crippen molar-refractivity contribution in [2.75, 3.05) is 18.0 Å². The van der Waals surface area contributed by atoms with Gasteiger partial charge in [-0.05, 0) is 31.2 Å². The molecule has 4 rings (SSSR count). The lowest BCUT2D eigenvalue weighted by molar-refractivity contribution is -0.142. The maximum Gasteiger partial charge on any atom is 0.310 e. The first-order valence-electron chi connectivity index (χ1n) is 8.23. The van der Waals surface area contributed by atoms with Crippen LogP contribution in [-0.2, 0) is 4.79 Å². The second kappa shape index (κ2) is 6.09. The minimum absolute atomic E-state index is 0.277. The number of benzene rings is 2. The summed E-state index contributed by atoms with van der Waals surface area (Å²) in [4.78, 5) is 17.6. The van der Waals surface area contributed by atoms with E-state index in [4.69, 9.17) is 9.52 Å². The first-order chi connectivity index (χ1) is 12.1. The molecule has 3 aromatic rings. The number of aryl methyl sites for hydroxylation is 1. The monoisotopic (exact) mass is 334 g/mol. The molecule has 1 aliphatic rings. The van der Waals surface area contributed by atoms with Gasteiger partial charge in [-0.1, -0.05) is 30.3 Å². The molecular formula is C20H18N2O3. The van der Waals surface area contributed by atoms with Crippen LogP contribution in [0.2, 0.25) is 0 Å². The average molecular weight is 334 g/mol. The number of rotatable bonds is 4. The van der Waals surface area contributed by atoms with E-state index in [1.54, 1.807) is 0 Å². The zero-order valence-electron chi connectivity index (χ0n) is 13.8. The highest BCUT2D eigenvalue weighted by Crippen LogP contribution is 2.33. The maximum atomic E-state index is 11.0. The molecule has 2 heterocycles. The quantitative estimate of drug-likeness (QED) is 0.785. The summed E-state index contributed by atoms with van der Waals surface area (Å²) in [6, 6.07) is 17.8. The highest BCUT2D eigenvalue weighted by molar-refractivity contribution is 5.75. The van der Waals surface area contributed by atoms with Gasteiger partial charge in [0.05, 0.1) is 11.6 Å². The van der Waals surface area contributed by atoms with Gasteiger partial charge in [-0.3, -0.25) is 4.79 Å². The van der Waals surface area contributed by atoms with Crippen LogP contribution in [0.25, 0.3) is 22.8 Å². The van der Waals surface area contributed by atoms with Crippen LogP contribution < -0.4 is 4.90 Å². The molecule has 1 aromatic heterocycles. The van der Waals surface area contributed by atoms with Crippen molar-refractivity contribution >= 4 is 11.7 Å². The lowest BCUT2D eigenvalue weighted by Crippen LogP contribution is -2.50. The first-order valence-corrected chi connectivity index (χ1v) is 8.23. The number of hydrogen-bond donors (Lipinski definition) is 1. The number of aromatic nitrogens is 1. The molecule has 2 aromatic carbocycles. The largest absolute Gasteiger partial charge is 0.481 e. The van der Waals surface area contributed by atoms with E-state index in [1.807, 2.05) is 61.5 Å². The normalized spacial score (nSPS) is 14.4. The van der Waals surface area contributed by atoms with Gasteiger partial charge in [0.25, 0.3) is 0 Å². The molecule has 1 N–H and O–H groups in total. The average Bonchev–Trinajstić information content (AvgIpc) is 2.96. The molecule has 0 spiro atoms. The maximum absolute atomic E-state index is 11.0. The van der Waals surface area contributed by atoms with Crippen molar-refractivity contribution in [1.29, 1.82) is 0 Å². The van der Waals surface area contributed by atoms with Crippen molar-refractivity contribution in [3.63, 3.8) is 0 Å². The predicted octanol–water partition coefficient (Wildman–Crippen LogP) is 3.84. The molecular weight excluding hydrogens is 316 g/mol. The summed E-state index contributed by atoms with van der Waals surface area (Å²) in [5.74, 6) is 0.343. The van der Waals surface area contributed by atoms with Crippen molar-refractivity contribution in [2.45, 2.75) is 6.92 Å². The van der Waals surface area contributed by atoms with Crippen LogP contribution in [0.1, 0.15) is 5.69 Å². The second-order valence-electron chi connectivity index (χ2n) is 6.29. The van der Waals surface area contributed by atoms with Crippen molar-refractivity contribution < 1.29 is 14.3 Å². The van der Waals surface area contributed by atoms with Crippen LogP contribution in [0.3, 0.4) is 0 Å². The number of nitrogens with zero attached hydrogens (tertiary/aromatic N) is 2. The van der Waals surface area contributed by atoms with E-state index < -0.39 is 5.97 Å². The van der Waals surface area contributed by atoms with Gasteiger partial charge in [-0.25, -0.2) is 4.98 Å². The van der Waals surface area contributed by atoms with Gasteiger partial charge in [0, 0.05) is 29.9 Å². The van der Waals surface area contributed by atoms with E-state index in [0.717, 1.165) is 28.3 Å². The number of carbonyl (C=O) groups is 1. The van der Waals surface area contributed by atoms with Gasteiger partial charge < -0.3 is 14.4 Å². The van der Waals surface area contributed by atoms with Gasteiger partial charge in [0.1, 0.15) is 0 Å². The molecule has 0 bridgehead atoms. The summed E-state index contributed by atoms with van der Waals surface area (Å²) in [6.45, 7) is 3.02. The fourth-order valence-electron chi connectivity index (χ4n) is 3.06. The Labute approximate surface area is 145 Å². The SMILES string of the molecule is Cc1nc(-c2ccccc2)oc1-c1cccc(N2CC(C(=O)O)C2)c1. The van der Waals surface area contributed by atoms with E-state index in [-0.39, 0.29) is 5.92 Å². The van der Waals surface area contributed by atoms with Crippen LogP contribution in [0.5, 0.6) is 0 Å². The fraction of sp³-hybridized carbons (Fsp3) is 0.200. The van der Waals surface area contributed by atoms with E-state index in [1.165, 1.54) is 0 Å². The standard InChI is InChI=1S/C20H18N2O3/c1-13-18(25-19(21-13)14-6-3-2-4-7-14)15-8-5-9-17(10-15)22-11-16(12-22)20(23)24/h2-10,16H,11-12H2,1H3,(H,23,24). The molecule has 0 amide bonds. The summed E-state index contributed by atoms with van der Waals surface area (Å²) in [5.41, 5.74) is 3.73. The minimum Gasteiger partial charge on any atom is -0.481 e. The Balaban J connectivity index is 1.62. The van der Waals surface area contributed by atoms with Gasteiger partial charge in [-0.2, -0.15) is 0 Å². The Morgan fingerprint density at radius 3 is 2.56 bits per heavy atom. The van der Waals surface area contributed by atoms with Gasteiger partial charge in [0.2, 0.25) is 5.89 Å². The summed E-state index contributed by atoms with van der Waals surface area (Å²) in [7, 11) is 0. The number of anilines is 1. The minimum atomic E-state index is -0.731. The molecule has 126 valence electrons. The summed E-state index contributed by atoms with van der Waals surface area (Å²) < 4.78 is 6.01. The third-order valence-corrected chi connectivity index (χ3v) is 4.52. The molecule has 0 atom stereocenters. The molecule has 5 nitrogen and oxygen atoms in total. The molecule has 0 aliphatic carbocycles. The van der Waals surface area contributed by atoms with Crippen LogP contribution in [0.15, 0.2) is 59.0 Å². The lowest BCUT2D eigenvalue weighted by atomic mass is 9.99. The fourth-order valence-corrected chi connectivity index (χ4v) is 3.06. The lowest BCUT2D eigenvalue weighted by Gasteiger charge is -2.38. The van der Waals surface area contributed by atoms with Crippen molar-refractivity contribution in [3.05, 3.63) is 60.3 Å². The van der Waals surface area contributed by atoms with Gasteiger partial charge in [0.15, 0.2) is 5.76 Å². The van der Waals surface area contributed by atoms with Crippen LogP contribution in [0.4, 0.5) is 5.69 Å². The van der Waals surface area contributed by atoms with Crippen LogP contribution >= 0.6 is 0 Å². The summed E-state index contributed by atoms with van der Waals surface area (Å²) in [6.07, 6.45) is 0. The summed E-state index contributed by atoms with van der Waals surface area (Å²) in [5, 5.41) is 9.03. The molecule has 0 radical (unpaired) electrons. The zero-order valence-corrected chi connectivity index (χ0v) is 13.8. The number of carboxylic acids is 1. The molecule has 0 saturated carbocycles. The molecule has 25 heavy (non-hydrogen) atoms. The highest BCUT2D eigenvalue weighted by atomic mass is 16.4.